The Morgan fingerprint density at radius 1 is 1.54 bits per heavy atom. The van der Waals surface area contributed by atoms with E-state index in [-0.39, 0.29) is 12.4 Å². The van der Waals surface area contributed by atoms with Gasteiger partial charge in [0.25, 0.3) is 0 Å². The molecule has 0 fully saturated rings. The lowest BCUT2D eigenvalue weighted by atomic mass is 10.1. The number of benzene rings is 1. The molecule has 0 radical (unpaired) electrons. The molecular weight excluding hydrogens is 192 g/mol. The topological polar surface area (TPSA) is 35.5 Å². The van der Waals surface area contributed by atoms with Crippen molar-refractivity contribution in [1.82, 2.24) is 0 Å². The van der Waals surface area contributed by atoms with E-state index in [1.165, 1.54) is 7.11 Å². The largest absolute Gasteiger partial charge is 0.494 e. The summed E-state index contributed by atoms with van der Waals surface area (Å²) in [6, 6.07) is 3.32. The average Bonchev–Trinajstić information content (AvgIpc) is 2.49. The Hall–Kier alpha value is -1.22. The highest BCUT2D eigenvalue weighted by atomic mass is 35.5. The third kappa shape index (κ3) is 1.16. The predicted octanol–water partition coefficient (Wildman–Crippen LogP) is 1.92. The molecule has 1 aromatic rings. The second-order valence-electron chi connectivity index (χ2n) is 2.67. The fraction of sp³-hybridized carbons (Fsp3) is 0.222. The van der Waals surface area contributed by atoms with Crippen molar-refractivity contribution < 1.29 is 14.3 Å². The number of hydrogen-bond donors (Lipinski definition) is 0. The van der Waals surface area contributed by atoms with Gasteiger partial charge in [-0.2, -0.15) is 0 Å². The number of carbonyl (C=O) groups is 1. The molecule has 0 unspecified atom stereocenters. The van der Waals surface area contributed by atoms with Crippen LogP contribution in [-0.2, 0) is 0 Å². The zero-order chi connectivity index (χ0) is 9.42. The van der Waals surface area contributed by atoms with E-state index in [1.807, 2.05) is 0 Å². The molecule has 0 aliphatic carbocycles. The van der Waals surface area contributed by atoms with E-state index < -0.39 is 0 Å². The second kappa shape index (κ2) is 2.92. The number of hydrogen-bond acceptors (Lipinski definition) is 3. The molecule has 0 N–H and O–H groups in total. The van der Waals surface area contributed by atoms with Crippen LogP contribution in [0.2, 0.25) is 5.02 Å². The van der Waals surface area contributed by atoms with Gasteiger partial charge in [-0.1, -0.05) is 11.6 Å². The van der Waals surface area contributed by atoms with Gasteiger partial charge in [-0.05, 0) is 12.1 Å². The minimum absolute atomic E-state index is 0.0754. The van der Waals surface area contributed by atoms with Crippen molar-refractivity contribution in [3.05, 3.63) is 22.7 Å². The van der Waals surface area contributed by atoms with Gasteiger partial charge in [0.2, 0.25) is 5.78 Å². The number of rotatable bonds is 1. The first kappa shape index (κ1) is 8.38. The molecule has 1 heterocycles. The number of fused-ring (bicyclic) bond motifs is 1. The maximum Gasteiger partial charge on any atom is 0.207 e. The number of ketones is 1. The molecule has 1 aromatic carbocycles. The molecule has 4 heteroatoms. The summed E-state index contributed by atoms with van der Waals surface area (Å²) in [6.45, 7) is 0.0754. The quantitative estimate of drug-likeness (QED) is 0.692. The van der Waals surface area contributed by atoms with Crippen molar-refractivity contribution in [2.75, 3.05) is 13.7 Å². The summed E-state index contributed by atoms with van der Waals surface area (Å²) in [5.41, 5.74) is 0.454. The van der Waals surface area contributed by atoms with Gasteiger partial charge in [0.15, 0.2) is 12.4 Å². The zero-order valence-corrected chi connectivity index (χ0v) is 7.72. The number of ether oxygens (including phenoxy) is 2. The van der Waals surface area contributed by atoms with Crippen LogP contribution < -0.4 is 9.47 Å². The van der Waals surface area contributed by atoms with Crippen LogP contribution in [0.3, 0.4) is 0 Å². The smallest absolute Gasteiger partial charge is 0.207 e. The lowest BCUT2D eigenvalue weighted by Gasteiger charge is -2.05. The highest BCUT2D eigenvalue weighted by Crippen LogP contribution is 2.38. The van der Waals surface area contributed by atoms with Crippen LogP contribution in [0.1, 0.15) is 10.4 Å². The summed E-state index contributed by atoms with van der Waals surface area (Å²) >= 11 is 5.84. The van der Waals surface area contributed by atoms with E-state index in [9.17, 15) is 4.79 Å². The van der Waals surface area contributed by atoms with Crippen molar-refractivity contribution in [3.63, 3.8) is 0 Å². The Morgan fingerprint density at radius 3 is 3.00 bits per heavy atom. The van der Waals surface area contributed by atoms with E-state index in [1.54, 1.807) is 12.1 Å². The standard InChI is InChI=1S/C9H7ClO3/c1-12-9-5(10)2-3-7-8(9)6(11)4-13-7/h2-3H,4H2,1H3. The van der Waals surface area contributed by atoms with Crippen molar-refractivity contribution in [2.24, 2.45) is 0 Å². The molecule has 0 aromatic heterocycles. The van der Waals surface area contributed by atoms with Gasteiger partial charge in [0, 0.05) is 0 Å². The molecule has 0 atom stereocenters. The van der Waals surface area contributed by atoms with E-state index in [0.717, 1.165) is 0 Å². The molecule has 0 saturated heterocycles. The van der Waals surface area contributed by atoms with E-state index >= 15 is 0 Å². The van der Waals surface area contributed by atoms with Crippen molar-refractivity contribution in [2.45, 2.75) is 0 Å². The van der Waals surface area contributed by atoms with E-state index in [2.05, 4.69) is 0 Å². The zero-order valence-electron chi connectivity index (χ0n) is 6.96. The second-order valence-corrected chi connectivity index (χ2v) is 3.07. The normalized spacial score (nSPS) is 13.8. The van der Waals surface area contributed by atoms with Gasteiger partial charge in [-0.25, -0.2) is 0 Å². The molecule has 0 saturated carbocycles. The third-order valence-electron chi connectivity index (χ3n) is 1.91. The van der Waals surface area contributed by atoms with Crippen molar-refractivity contribution >= 4 is 17.4 Å². The minimum atomic E-state index is -0.0886. The minimum Gasteiger partial charge on any atom is -0.494 e. The van der Waals surface area contributed by atoms with Crippen LogP contribution in [0.25, 0.3) is 0 Å². The molecule has 1 aliphatic rings. The van der Waals surface area contributed by atoms with Gasteiger partial charge in [0.1, 0.15) is 11.3 Å². The first-order chi connectivity index (χ1) is 6.24. The first-order valence-corrected chi connectivity index (χ1v) is 4.14. The molecule has 2 rings (SSSR count). The molecule has 0 bridgehead atoms. The Balaban J connectivity index is 2.67. The lowest BCUT2D eigenvalue weighted by Crippen LogP contribution is -2.01. The SMILES string of the molecule is COc1c(Cl)ccc2c1C(=O)CO2. The molecule has 13 heavy (non-hydrogen) atoms. The Morgan fingerprint density at radius 2 is 2.31 bits per heavy atom. The summed E-state index contributed by atoms with van der Waals surface area (Å²) in [6.07, 6.45) is 0. The Labute approximate surface area is 80.2 Å². The Bertz CT molecular complexity index is 373. The van der Waals surface area contributed by atoms with E-state index in [4.69, 9.17) is 21.1 Å². The molecule has 68 valence electrons. The summed E-state index contributed by atoms with van der Waals surface area (Å²) < 4.78 is 10.1. The van der Waals surface area contributed by atoms with Crippen molar-refractivity contribution in [1.29, 1.82) is 0 Å². The molecule has 0 amide bonds. The molecular formula is C9H7ClO3. The van der Waals surface area contributed by atoms with Crippen LogP contribution in [0.5, 0.6) is 11.5 Å². The van der Waals surface area contributed by atoms with Gasteiger partial charge in [-0.3, -0.25) is 4.79 Å². The fourth-order valence-corrected chi connectivity index (χ4v) is 1.57. The summed E-state index contributed by atoms with van der Waals surface area (Å²) in [5.74, 6) is 0.863. The summed E-state index contributed by atoms with van der Waals surface area (Å²) in [7, 11) is 1.48. The predicted molar refractivity (Wildman–Crippen MR) is 47.8 cm³/mol. The van der Waals surface area contributed by atoms with Crippen LogP contribution >= 0.6 is 11.6 Å². The van der Waals surface area contributed by atoms with Crippen molar-refractivity contribution in [3.8, 4) is 11.5 Å². The first-order valence-electron chi connectivity index (χ1n) is 3.76. The van der Waals surface area contributed by atoms with E-state index in [0.29, 0.717) is 22.1 Å². The summed E-state index contributed by atoms with van der Waals surface area (Å²) in [5, 5.41) is 0.431. The highest BCUT2D eigenvalue weighted by Gasteiger charge is 2.26. The molecule has 1 aliphatic heterocycles. The highest BCUT2D eigenvalue weighted by molar-refractivity contribution is 6.33. The Kier molecular flexibility index (Phi) is 1.88. The maximum absolute atomic E-state index is 11.3. The van der Waals surface area contributed by atoms with Crippen LogP contribution in [0, 0.1) is 0 Å². The van der Waals surface area contributed by atoms with Gasteiger partial charge in [-0.15, -0.1) is 0 Å². The van der Waals surface area contributed by atoms with Gasteiger partial charge >= 0.3 is 0 Å². The van der Waals surface area contributed by atoms with Gasteiger partial charge < -0.3 is 9.47 Å². The number of methoxy groups -OCH3 is 1. The monoisotopic (exact) mass is 198 g/mol. The van der Waals surface area contributed by atoms with Crippen LogP contribution in [-0.4, -0.2) is 19.5 Å². The maximum atomic E-state index is 11.3. The van der Waals surface area contributed by atoms with Gasteiger partial charge in [0.05, 0.1) is 12.1 Å². The summed E-state index contributed by atoms with van der Waals surface area (Å²) in [4.78, 5) is 11.3. The van der Waals surface area contributed by atoms with Crippen LogP contribution in [0.4, 0.5) is 0 Å². The molecule has 0 spiro atoms. The molecule has 3 nitrogen and oxygen atoms in total. The number of carbonyl (C=O) groups excluding carboxylic acids is 1. The third-order valence-corrected chi connectivity index (χ3v) is 2.21. The average molecular weight is 199 g/mol. The number of Topliss-reactive ketones (excluding diaryl/α,β-unsaturated/α-hetero) is 1. The number of halogens is 1. The lowest BCUT2D eigenvalue weighted by molar-refractivity contribution is 0.0959. The fourth-order valence-electron chi connectivity index (χ4n) is 1.34. The van der Waals surface area contributed by atoms with Crippen LogP contribution in [0.15, 0.2) is 12.1 Å².